The minimum Gasteiger partial charge on any atom is -0.507 e. The number of benzene rings is 2. The zero-order valence-electron chi connectivity index (χ0n) is 12.9. The number of phenolic OH excluding ortho intramolecular Hbond substituents is 1. The predicted molar refractivity (Wildman–Crippen MR) is 85.5 cm³/mol. The highest BCUT2D eigenvalue weighted by Crippen LogP contribution is 2.46. The average Bonchev–Trinajstić information content (AvgIpc) is 2.85. The quantitative estimate of drug-likeness (QED) is 0.891. The molecule has 2 aromatic carbocycles. The van der Waals surface area contributed by atoms with Crippen molar-refractivity contribution in [3.8, 4) is 11.5 Å². The molecule has 0 saturated carbocycles. The molecule has 1 fully saturated rings. The van der Waals surface area contributed by atoms with Gasteiger partial charge in [-0.1, -0.05) is 18.2 Å². The molecule has 1 atom stereocenters. The summed E-state index contributed by atoms with van der Waals surface area (Å²) in [5, 5.41) is 14.1. The summed E-state index contributed by atoms with van der Waals surface area (Å²) in [6, 6.07) is 12.8. The minimum atomic E-state index is -0.803. The molecule has 1 amide bonds. The maximum absolute atomic E-state index is 12.8. The first-order valence-corrected chi connectivity index (χ1v) is 7.72. The lowest BCUT2D eigenvalue weighted by Gasteiger charge is -2.44. The smallest absolute Gasteiger partial charge is 0.256 e. The van der Waals surface area contributed by atoms with Crippen molar-refractivity contribution < 1.29 is 14.6 Å². The number of ether oxygens (including phenoxy) is 1. The van der Waals surface area contributed by atoms with Gasteiger partial charge < -0.3 is 14.7 Å². The summed E-state index contributed by atoms with van der Waals surface area (Å²) in [6.07, 6.45) is 0.887. The first kappa shape index (κ1) is 14.1. The molecule has 2 heterocycles. The summed E-state index contributed by atoms with van der Waals surface area (Å²) in [7, 11) is 1.56. The number of carbonyl (C=O) groups excluding carboxylic acids is 1. The summed E-state index contributed by atoms with van der Waals surface area (Å²) < 4.78 is 5.18. The Morgan fingerprint density at radius 2 is 2.04 bits per heavy atom. The van der Waals surface area contributed by atoms with Gasteiger partial charge in [-0.3, -0.25) is 10.1 Å². The molecule has 5 nitrogen and oxygen atoms in total. The maximum atomic E-state index is 12.8. The van der Waals surface area contributed by atoms with Crippen LogP contribution in [0.2, 0.25) is 0 Å². The molecule has 5 heteroatoms. The van der Waals surface area contributed by atoms with Crippen LogP contribution in [0.4, 0.5) is 0 Å². The third-order valence-corrected chi connectivity index (χ3v) is 4.73. The summed E-state index contributed by atoms with van der Waals surface area (Å²) in [6.45, 7) is 1.44. The molecular formula is C18H18N2O3. The SMILES string of the molecule is COc1ccc([C@@]23NCCCN2C(=O)c2ccccc23)c(O)c1. The van der Waals surface area contributed by atoms with Crippen molar-refractivity contribution in [2.75, 3.05) is 20.2 Å². The summed E-state index contributed by atoms with van der Waals surface area (Å²) >= 11 is 0. The minimum absolute atomic E-state index is 0.00279. The van der Waals surface area contributed by atoms with Crippen LogP contribution in [0.1, 0.15) is 27.9 Å². The monoisotopic (exact) mass is 310 g/mol. The molecule has 0 aromatic heterocycles. The van der Waals surface area contributed by atoms with Crippen LogP contribution in [0.15, 0.2) is 42.5 Å². The maximum Gasteiger partial charge on any atom is 0.256 e. The third kappa shape index (κ3) is 1.80. The first-order chi connectivity index (χ1) is 11.2. The Bertz CT molecular complexity index is 790. The van der Waals surface area contributed by atoms with Gasteiger partial charge in [-0.15, -0.1) is 0 Å². The lowest BCUT2D eigenvalue weighted by molar-refractivity contribution is 0.0450. The highest BCUT2D eigenvalue weighted by Gasteiger charge is 2.52. The van der Waals surface area contributed by atoms with Gasteiger partial charge in [-0.25, -0.2) is 0 Å². The fourth-order valence-corrected chi connectivity index (χ4v) is 3.72. The van der Waals surface area contributed by atoms with E-state index in [2.05, 4.69) is 5.32 Å². The van der Waals surface area contributed by atoms with Gasteiger partial charge in [-0.05, 0) is 31.2 Å². The van der Waals surface area contributed by atoms with Gasteiger partial charge in [0.1, 0.15) is 11.5 Å². The zero-order chi connectivity index (χ0) is 16.0. The number of hydrogen-bond acceptors (Lipinski definition) is 4. The van der Waals surface area contributed by atoms with E-state index in [0.29, 0.717) is 23.4 Å². The number of aromatic hydroxyl groups is 1. The van der Waals surface area contributed by atoms with Gasteiger partial charge in [-0.2, -0.15) is 0 Å². The Balaban J connectivity index is 1.98. The van der Waals surface area contributed by atoms with Crippen molar-refractivity contribution in [2.24, 2.45) is 0 Å². The van der Waals surface area contributed by atoms with Crippen LogP contribution in [0.3, 0.4) is 0 Å². The number of amides is 1. The standard InChI is InChI=1S/C18H18N2O3/c1-23-12-7-8-15(16(21)11-12)18-14-6-3-2-5-13(14)17(22)20(18)10-4-9-19-18/h2-3,5-8,11,19,21H,4,9-10H2,1H3/t18-/m0/s1. The molecule has 23 heavy (non-hydrogen) atoms. The molecule has 4 rings (SSSR count). The highest BCUT2D eigenvalue weighted by molar-refractivity contribution is 6.01. The van der Waals surface area contributed by atoms with E-state index >= 15 is 0 Å². The predicted octanol–water partition coefficient (Wildman–Crippen LogP) is 2.05. The van der Waals surface area contributed by atoms with Gasteiger partial charge in [0.2, 0.25) is 0 Å². The van der Waals surface area contributed by atoms with Crippen molar-refractivity contribution in [2.45, 2.75) is 12.1 Å². The van der Waals surface area contributed by atoms with E-state index in [-0.39, 0.29) is 11.7 Å². The topological polar surface area (TPSA) is 61.8 Å². The Hall–Kier alpha value is -2.53. The number of rotatable bonds is 2. The lowest BCUT2D eigenvalue weighted by Crippen LogP contribution is -2.59. The Kier molecular flexibility index (Phi) is 3.06. The van der Waals surface area contributed by atoms with Crippen LogP contribution >= 0.6 is 0 Å². The molecule has 2 aliphatic heterocycles. The number of nitrogens with one attached hydrogen (secondary N) is 1. The number of carbonyl (C=O) groups is 1. The van der Waals surface area contributed by atoms with Crippen molar-refractivity contribution >= 4 is 5.91 Å². The number of hydrogen-bond donors (Lipinski definition) is 2. The van der Waals surface area contributed by atoms with Crippen LogP contribution in [0.25, 0.3) is 0 Å². The zero-order valence-corrected chi connectivity index (χ0v) is 12.9. The van der Waals surface area contributed by atoms with Crippen LogP contribution in [-0.4, -0.2) is 36.1 Å². The summed E-state index contributed by atoms with van der Waals surface area (Å²) in [5.74, 6) is 0.707. The van der Waals surface area contributed by atoms with Gasteiger partial charge in [0.25, 0.3) is 5.91 Å². The van der Waals surface area contributed by atoms with E-state index < -0.39 is 5.66 Å². The molecule has 2 aromatic rings. The van der Waals surface area contributed by atoms with Gasteiger partial charge in [0.15, 0.2) is 5.66 Å². The van der Waals surface area contributed by atoms with E-state index in [9.17, 15) is 9.90 Å². The van der Waals surface area contributed by atoms with Crippen molar-refractivity contribution in [3.63, 3.8) is 0 Å². The normalized spacial score (nSPS) is 22.7. The second kappa shape index (κ2) is 4.99. The van der Waals surface area contributed by atoms with Gasteiger partial charge in [0, 0.05) is 29.3 Å². The van der Waals surface area contributed by atoms with Crippen LogP contribution in [-0.2, 0) is 5.66 Å². The molecule has 0 bridgehead atoms. The molecule has 1 saturated heterocycles. The molecule has 0 unspecified atom stereocenters. The van der Waals surface area contributed by atoms with E-state index in [1.54, 1.807) is 13.2 Å². The molecule has 2 N–H and O–H groups in total. The van der Waals surface area contributed by atoms with Crippen molar-refractivity contribution in [3.05, 3.63) is 59.2 Å². The molecular weight excluding hydrogens is 292 g/mol. The van der Waals surface area contributed by atoms with Crippen molar-refractivity contribution in [1.29, 1.82) is 0 Å². The van der Waals surface area contributed by atoms with E-state index in [0.717, 1.165) is 18.5 Å². The Labute approximate surface area is 134 Å². The van der Waals surface area contributed by atoms with Crippen LogP contribution in [0, 0.1) is 0 Å². The molecule has 0 aliphatic carbocycles. The second-order valence-corrected chi connectivity index (χ2v) is 5.88. The molecule has 2 aliphatic rings. The van der Waals surface area contributed by atoms with E-state index in [4.69, 9.17) is 4.74 Å². The number of phenols is 1. The summed E-state index contributed by atoms with van der Waals surface area (Å²) in [4.78, 5) is 14.6. The number of fused-ring (bicyclic) bond motifs is 3. The second-order valence-electron chi connectivity index (χ2n) is 5.88. The molecule has 0 radical (unpaired) electrons. The fraction of sp³-hybridized carbons (Fsp3) is 0.278. The third-order valence-electron chi connectivity index (χ3n) is 4.73. The van der Waals surface area contributed by atoms with Gasteiger partial charge in [0.05, 0.1) is 7.11 Å². The molecule has 118 valence electrons. The largest absolute Gasteiger partial charge is 0.507 e. The van der Waals surface area contributed by atoms with Gasteiger partial charge >= 0.3 is 0 Å². The van der Waals surface area contributed by atoms with Crippen LogP contribution in [0.5, 0.6) is 11.5 Å². The fourth-order valence-electron chi connectivity index (χ4n) is 3.72. The van der Waals surface area contributed by atoms with E-state index in [1.165, 1.54) is 0 Å². The number of nitrogens with zero attached hydrogens (tertiary/aromatic N) is 1. The Morgan fingerprint density at radius 1 is 1.22 bits per heavy atom. The first-order valence-electron chi connectivity index (χ1n) is 7.72. The Morgan fingerprint density at radius 3 is 2.83 bits per heavy atom. The van der Waals surface area contributed by atoms with Crippen LogP contribution < -0.4 is 10.1 Å². The highest BCUT2D eigenvalue weighted by atomic mass is 16.5. The molecule has 0 spiro atoms. The van der Waals surface area contributed by atoms with E-state index in [1.807, 2.05) is 41.3 Å². The van der Waals surface area contributed by atoms with Crippen molar-refractivity contribution in [1.82, 2.24) is 10.2 Å². The summed E-state index contributed by atoms with van der Waals surface area (Å²) in [5.41, 5.74) is 1.46. The average molecular weight is 310 g/mol. The lowest BCUT2D eigenvalue weighted by atomic mass is 9.88. The number of methoxy groups -OCH3 is 1.